The van der Waals surface area contributed by atoms with Gasteiger partial charge >= 0.3 is 0 Å². The summed E-state index contributed by atoms with van der Waals surface area (Å²) in [7, 11) is -3.73. The molecule has 0 bridgehead atoms. The molecule has 2 aromatic carbocycles. The molecule has 0 aromatic heterocycles. The van der Waals surface area contributed by atoms with Crippen molar-refractivity contribution >= 4 is 21.2 Å². The van der Waals surface area contributed by atoms with Gasteiger partial charge in [0.15, 0.2) is 4.91 Å². The first-order valence-corrected chi connectivity index (χ1v) is 7.84. The van der Waals surface area contributed by atoms with Crippen molar-refractivity contribution in [3.05, 3.63) is 65.2 Å². The molecule has 21 heavy (non-hydrogen) atoms. The van der Waals surface area contributed by atoms with Gasteiger partial charge in [-0.3, -0.25) is 0 Å². The highest BCUT2D eigenvalue weighted by atomic mass is 32.2. The second-order valence-electron chi connectivity index (χ2n) is 4.79. The van der Waals surface area contributed by atoms with E-state index in [0.717, 1.165) is 11.3 Å². The molecule has 2 aromatic rings. The Balaban J connectivity index is 2.29. The number of allylic oxidation sites excluding steroid dienone is 1. The summed E-state index contributed by atoms with van der Waals surface area (Å²) in [4.78, 5) is 1.65. The minimum absolute atomic E-state index is 0.158. The van der Waals surface area contributed by atoms with Crippen LogP contribution in [0.2, 0.25) is 0 Å². The maximum atomic E-state index is 12.4. The molecule has 1 heterocycles. The van der Waals surface area contributed by atoms with Crippen LogP contribution in [-0.2, 0) is 9.84 Å². The highest BCUT2D eigenvalue weighted by Crippen LogP contribution is 2.39. The number of hydrogen-bond donors (Lipinski definition) is 0. The molecule has 104 valence electrons. The Labute approximate surface area is 123 Å². The predicted octanol–water partition coefficient (Wildman–Crippen LogP) is 3.29. The van der Waals surface area contributed by atoms with Gasteiger partial charge in [-0.15, -0.1) is 0 Å². The van der Waals surface area contributed by atoms with Crippen LogP contribution in [0.25, 0.3) is 0 Å². The zero-order valence-corrected chi connectivity index (χ0v) is 12.1. The summed E-state index contributed by atoms with van der Waals surface area (Å²) in [5, 5.41) is 9.15. The number of aryl methyl sites for hydroxylation is 1. The average molecular weight is 296 g/mol. The Kier molecular flexibility index (Phi) is 3.04. The van der Waals surface area contributed by atoms with E-state index >= 15 is 0 Å². The first-order valence-electron chi connectivity index (χ1n) is 6.36. The highest BCUT2D eigenvalue weighted by Gasteiger charge is 2.31. The first-order chi connectivity index (χ1) is 10.0. The van der Waals surface area contributed by atoms with Crippen molar-refractivity contribution in [2.24, 2.45) is 0 Å². The topological polar surface area (TPSA) is 61.2 Å². The lowest BCUT2D eigenvalue weighted by Crippen LogP contribution is -2.21. The minimum atomic E-state index is -3.73. The second-order valence-corrected chi connectivity index (χ2v) is 6.67. The van der Waals surface area contributed by atoms with Gasteiger partial charge in [0.2, 0.25) is 9.84 Å². The average Bonchev–Trinajstić information content (AvgIpc) is 2.47. The third kappa shape index (κ3) is 2.10. The molecule has 0 amide bonds. The third-order valence-electron chi connectivity index (χ3n) is 3.34. The molecule has 0 aliphatic carbocycles. The molecular formula is C16H12N2O2S. The number of nitriles is 1. The molecule has 0 fully saturated rings. The monoisotopic (exact) mass is 296 g/mol. The van der Waals surface area contributed by atoms with E-state index in [1.54, 1.807) is 29.2 Å². The molecule has 1 aliphatic heterocycles. The van der Waals surface area contributed by atoms with E-state index < -0.39 is 9.84 Å². The first kappa shape index (κ1) is 13.4. The quantitative estimate of drug-likeness (QED) is 0.810. The van der Waals surface area contributed by atoms with Crippen LogP contribution in [0.1, 0.15) is 5.56 Å². The zero-order valence-electron chi connectivity index (χ0n) is 11.3. The van der Waals surface area contributed by atoms with Gasteiger partial charge in [-0.2, -0.15) is 5.26 Å². The van der Waals surface area contributed by atoms with Gasteiger partial charge in [0.05, 0.1) is 10.6 Å². The Bertz CT molecular complexity index is 892. The summed E-state index contributed by atoms with van der Waals surface area (Å²) in [5.41, 5.74) is 2.44. The van der Waals surface area contributed by atoms with Gasteiger partial charge in [-0.25, -0.2) is 8.42 Å². The fourth-order valence-corrected chi connectivity index (χ4v) is 3.64. The van der Waals surface area contributed by atoms with E-state index in [1.165, 1.54) is 12.3 Å². The van der Waals surface area contributed by atoms with Crippen molar-refractivity contribution in [3.63, 3.8) is 0 Å². The smallest absolute Gasteiger partial charge is 0.220 e. The third-order valence-corrected chi connectivity index (χ3v) is 5.04. The van der Waals surface area contributed by atoms with E-state index in [9.17, 15) is 8.42 Å². The molecule has 4 nitrogen and oxygen atoms in total. The maximum Gasteiger partial charge on any atom is 0.220 e. The molecule has 0 atom stereocenters. The van der Waals surface area contributed by atoms with Crippen molar-refractivity contribution < 1.29 is 8.42 Å². The standard InChI is InChI=1S/C16H12N2O2S/c1-12-5-4-6-13(9-12)18-11-14(10-17)21(19,20)16-8-3-2-7-15(16)18/h2-9,11H,1H3. The van der Waals surface area contributed by atoms with Crippen LogP contribution in [0.3, 0.4) is 0 Å². The van der Waals surface area contributed by atoms with Gasteiger partial charge in [-0.05, 0) is 36.8 Å². The summed E-state index contributed by atoms with van der Waals surface area (Å²) in [6.07, 6.45) is 1.38. The molecule has 0 saturated carbocycles. The number of rotatable bonds is 1. The number of sulfone groups is 1. The molecule has 0 N–H and O–H groups in total. The Morgan fingerprint density at radius 3 is 2.57 bits per heavy atom. The molecule has 3 rings (SSSR count). The lowest BCUT2D eigenvalue weighted by Gasteiger charge is -2.27. The van der Waals surface area contributed by atoms with Crippen LogP contribution in [0.15, 0.2) is 64.5 Å². The van der Waals surface area contributed by atoms with Gasteiger partial charge in [-0.1, -0.05) is 24.3 Å². The molecule has 0 spiro atoms. The zero-order chi connectivity index (χ0) is 15.0. The van der Waals surface area contributed by atoms with Crippen molar-refractivity contribution in [3.8, 4) is 6.07 Å². The lowest BCUT2D eigenvalue weighted by atomic mass is 10.2. The van der Waals surface area contributed by atoms with Crippen LogP contribution in [0.5, 0.6) is 0 Å². The van der Waals surface area contributed by atoms with Crippen molar-refractivity contribution in [1.82, 2.24) is 0 Å². The summed E-state index contributed by atoms with van der Waals surface area (Å²) in [6, 6.07) is 16.2. The Morgan fingerprint density at radius 2 is 1.86 bits per heavy atom. The maximum absolute atomic E-state index is 12.4. The molecule has 5 heteroatoms. The number of para-hydroxylation sites is 1. The van der Waals surface area contributed by atoms with Crippen LogP contribution in [-0.4, -0.2) is 8.42 Å². The Morgan fingerprint density at radius 1 is 1.10 bits per heavy atom. The largest absolute Gasteiger partial charge is 0.314 e. The summed E-state index contributed by atoms with van der Waals surface area (Å²) in [5.74, 6) is 0. The number of benzene rings is 2. The van der Waals surface area contributed by atoms with E-state index in [1.807, 2.05) is 31.2 Å². The van der Waals surface area contributed by atoms with E-state index in [4.69, 9.17) is 5.26 Å². The van der Waals surface area contributed by atoms with Crippen molar-refractivity contribution in [2.45, 2.75) is 11.8 Å². The molecule has 0 unspecified atom stereocenters. The fourth-order valence-electron chi connectivity index (χ4n) is 2.34. The van der Waals surface area contributed by atoms with Crippen LogP contribution >= 0.6 is 0 Å². The molecule has 0 radical (unpaired) electrons. The number of fused-ring (bicyclic) bond motifs is 1. The molecule has 0 saturated heterocycles. The van der Waals surface area contributed by atoms with Gasteiger partial charge < -0.3 is 4.90 Å². The van der Waals surface area contributed by atoms with E-state index in [-0.39, 0.29) is 9.80 Å². The van der Waals surface area contributed by atoms with Crippen LogP contribution in [0, 0.1) is 18.3 Å². The normalized spacial score (nSPS) is 15.8. The summed E-state index contributed by atoms with van der Waals surface area (Å²) >= 11 is 0. The highest BCUT2D eigenvalue weighted by molar-refractivity contribution is 7.95. The summed E-state index contributed by atoms with van der Waals surface area (Å²) in [6.45, 7) is 1.96. The lowest BCUT2D eigenvalue weighted by molar-refractivity contribution is 0.602. The minimum Gasteiger partial charge on any atom is -0.314 e. The van der Waals surface area contributed by atoms with Crippen molar-refractivity contribution in [2.75, 3.05) is 4.90 Å². The second kappa shape index (κ2) is 4.76. The molecule has 1 aliphatic rings. The Hall–Kier alpha value is -2.58. The molecular weight excluding hydrogens is 284 g/mol. The predicted molar refractivity (Wildman–Crippen MR) is 80.6 cm³/mol. The van der Waals surface area contributed by atoms with Gasteiger partial charge in [0, 0.05) is 11.9 Å². The van der Waals surface area contributed by atoms with E-state index in [2.05, 4.69) is 0 Å². The fraction of sp³-hybridized carbons (Fsp3) is 0.0625. The van der Waals surface area contributed by atoms with Crippen molar-refractivity contribution in [1.29, 1.82) is 5.26 Å². The number of hydrogen-bond acceptors (Lipinski definition) is 4. The van der Waals surface area contributed by atoms with Gasteiger partial charge in [0.1, 0.15) is 6.07 Å². The van der Waals surface area contributed by atoms with Crippen LogP contribution < -0.4 is 4.90 Å². The number of nitrogens with zero attached hydrogens (tertiary/aromatic N) is 2. The summed E-state index contributed by atoms with van der Waals surface area (Å²) < 4.78 is 24.7. The SMILES string of the molecule is Cc1cccc(N2C=C(C#N)S(=O)(=O)c3ccccc32)c1. The van der Waals surface area contributed by atoms with Gasteiger partial charge in [0.25, 0.3) is 0 Å². The number of anilines is 2. The van der Waals surface area contributed by atoms with E-state index in [0.29, 0.717) is 5.69 Å². The van der Waals surface area contributed by atoms with Crippen LogP contribution in [0.4, 0.5) is 11.4 Å².